The normalized spacial score (nSPS) is 12.3. The molecule has 0 aliphatic heterocycles. The number of likely N-dealkylation sites (N-methyl/N-ethyl adjacent to an activating group) is 1. The lowest BCUT2D eigenvalue weighted by Crippen LogP contribution is -2.49. The van der Waals surface area contributed by atoms with Crippen LogP contribution >= 0.6 is 11.3 Å². The van der Waals surface area contributed by atoms with E-state index < -0.39 is 6.04 Å². The lowest BCUT2D eigenvalue weighted by Gasteiger charge is -2.25. The molecule has 0 aliphatic rings. The molecule has 0 saturated heterocycles. The minimum atomic E-state index is -0.513. The van der Waals surface area contributed by atoms with Crippen molar-refractivity contribution < 1.29 is 9.59 Å². The zero-order valence-corrected chi connectivity index (χ0v) is 11.2. The summed E-state index contributed by atoms with van der Waals surface area (Å²) in [6.07, 6.45) is 1.65. The molecule has 1 aromatic heterocycles. The molecule has 0 aliphatic carbocycles. The Morgan fingerprint density at radius 3 is 2.53 bits per heavy atom. The van der Waals surface area contributed by atoms with Gasteiger partial charge in [-0.05, 0) is 5.92 Å². The molecule has 5 nitrogen and oxygen atoms in total. The number of hydrogen-bond acceptors (Lipinski definition) is 4. The van der Waals surface area contributed by atoms with Gasteiger partial charge in [0.1, 0.15) is 6.04 Å². The summed E-state index contributed by atoms with van der Waals surface area (Å²) in [5, 5.41) is 5.11. The quantitative estimate of drug-likeness (QED) is 0.881. The number of nitrogens with zero attached hydrogens (tertiary/aromatic N) is 2. The van der Waals surface area contributed by atoms with Crippen LogP contribution in [-0.4, -0.2) is 29.9 Å². The largest absolute Gasteiger partial charge is 0.344 e. The fraction of sp³-hybridized carbons (Fsp3) is 0.545. The average Bonchev–Trinajstić information content (AvgIpc) is 2.76. The van der Waals surface area contributed by atoms with E-state index in [2.05, 4.69) is 10.3 Å². The molecule has 1 atom stereocenters. The van der Waals surface area contributed by atoms with E-state index in [4.69, 9.17) is 0 Å². The van der Waals surface area contributed by atoms with Crippen LogP contribution in [0.25, 0.3) is 0 Å². The molecule has 1 N–H and O–H groups in total. The number of anilines is 1. The SMILES string of the molecule is CC(=O)N[C@H](C(=O)N(C)c1nccs1)C(C)C. The monoisotopic (exact) mass is 255 g/mol. The van der Waals surface area contributed by atoms with E-state index in [0.717, 1.165) is 0 Å². The van der Waals surface area contributed by atoms with E-state index in [-0.39, 0.29) is 17.7 Å². The van der Waals surface area contributed by atoms with E-state index in [1.807, 2.05) is 19.2 Å². The molecule has 0 aromatic carbocycles. The van der Waals surface area contributed by atoms with Crippen molar-refractivity contribution in [2.24, 2.45) is 5.92 Å². The molecule has 0 bridgehead atoms. The van der Waals surface area contributed by atoms with Gasteiger partial charge in [-0.25, -0.2) is 4.98 Å². The third-order valence-electron chi connectivity index (χ3n) is 2.33. The van der Waals surface area contributed by atoms with Crippen molar-refractivity contribution in [1.29, 1.82) is 0 Å². The van der Waals surface area contributed by atoms with Crippen LogP contribution in [0.4, 0.5) is 5.13 Å². The van der Waals surface area contributed by atoms with Crippen LogP contribution in [0.15, 0.2) is 11.6 Å². The lowest BCUT2D eigenvalue weighted by molar-refractivity contribution is -0.127. The number of rotatable bonds is 4. The summed E-state index contributed by atoms with van der Waals surface area (Å²) in [5.41, 5.74) is 0. The summed E-state index contributed by atoms with van der Waals surface area (Å²) in [6.45, 7) is 5.20. The van der Waals surface area contributed by atoms with Gasteiger partial charge >= 0.3 is 0 Å². The molecule has 2 amide bonds. The van der Waals surface area contributed by atoms with Gasteiger partial charge in [0.25, 0.3) is 5.91 Å². The van der Waals surface area contributed by atoms with Gasteiger partial charge in [0.2, 0.25) is 5.91 Å². The van der Waals surface area contributed by atoms with Crippen LogP contribution in [0.2, 0.25) is 0 Å². The van der Waals surface area contributed by atoms with Gasteiger partial charge in [0, 0.05) is 25.5 Å². The Morgan fingerprint density at radius 1 is 1.47 bits per heavy atom. The molecular formula is C11H17N3O2S. The first kappa shape index (κ1) is 13.6. The van der Waals surface area contributed by atoms with Crippen molar-refractivity contribution in [1.82, 2.24) is 10.3 Å². The minimum Gasteiger partial charge on any atom is -0.344 e. The molecule has 1 heterocycles. The first-order chi connectivity index (χ1) is 7.93. The van der Waals surface area contributed by atoms with E-state index in [0.29, 0.717) is 5.13 Å². The standard InChI is InChI=1S/C11H17N3O2S/c1-7(2)9(13-8(3)15)10(16)14(4)11-12-5-6-17-11/h5-7,9H,1-4H3,(H,13,15)/t9-/m0/s1. The Hall–Kier alpha value is -1.43. The third-order valence-corrected chi connectivity index (χ3v) is 3.18. The van der Waals surface area contributed by atoms with E-state index in [1.54, 1.807) is 13.2 Å². The molecular weight excluding hydrogens is 238 g/mol. The maximum atomic E-state index is 12.2. The summed E-state index contributed by atoms with van der Waals surface area (Å²) in [5.74, 6) is -0.316. The summed E-state index contributed by atoms with van der Waals surface area (Å²) in [7, 11) is 1.67. The Kier molecular flexibility index (Phi) is 4.62. The highest BCUT2D eigenvalue weighted by Crippen LogP contribution is 2.17. The highest BCUT2D eigenvalue weighted by molar-refractivity contribution is 7.13. The number of thiazole rings is 1. The van der Waals surface area contributed by atoms with Crippen LogP contribution in [0.3, 0.4) is 0 Å². The Balaban J connectivity index is 2.81. The van der Waals surface area contributed by atoms with E-state index in [9.17, 15) is 9.59 Å². The lowest BCUT2D eigenvalue weighted by atomic mass is 10.0. The molecule has 0 saturated carbocycles. The molecule has 0 radical (unpaired) electrons. The zero-order chi connectivity index (χ0) is 13.0. The summed E-state index contributed by atoms with van der Waals surface area (Å²) in [6, 6.07) is -0.513. The van der Waals surface area contributed by atoms with Gasteiger partial charge in [-0.1, -0.05) is 13.8 Å². The molecule has 1 aromatic rings. The highest BCUT2D eigenvalue weighted by atomic mass is 32.1. The predicted molar refractivity (Wildman–Crippen MR) is 68.0 cm³/mol. The molecule has 0 unspecified atom stereocenters. The van der Waals surface area contributed by atoms with Crippen LogP contribution in [0.1, 0.15) is 20.8 Å². The Morgan fingerprint density at radius 2 is 2.12 bits per heavy atom. The summed E-state index contributed by atoms with van der Waals surface area (Å²) in [4.78, 5) is 28.8. The van der Waals surface area contributed by atoms with Crippen LogP contribution in [-0.2, 0) is 9.59 Å². The smallest absolute Gasteiger partial charge is 0.251 e. The molecule has 0 spiro atoms. The first-order valence-corrected chi connectivity index (χ1v) is 6.25. The second kappa shape index (κ2) is 5.77. The first-order valence-electron chi connectivity index (χ1n) is 5.37. The fourth-order valence-corrected chi connectivity index (χ4v) is 2.03. The molecule has 94 valence electrons. The summed E-state index contributed by atoms with van der Waals surface area (Å²) >= 11 is 1.39. The van der Waals surface area contributed by atoms with Crippen LogP contribution < -0.4 is 10.2 Å². The number of amides is 2. The van der Waals surface area contributed by atoms with Gasteiger partial charge in [0.15, 0.2) is 5.13 Å². The number of hydrogen-bond donors (Lipinski definition) is 1. The number of aromatic nitrogens is 1. The second-order valence-corrected chi connectivity index (χ2v) is 5.01. The van der Waals surface area contributed by atoms with Crippen molar-refractivity contribution in [3.63, 3.8) is 0 Å². The predicted octanol–water partition coefficient (Wildman–Crippen LogP) is 1.27. The molecule has 17 heavy (non-hydrogen) atoms. The number of nitrogens with one attached hydrogen (secondary N) is 1. The third kappa shape index (κ3) is 3.52. The van der Waals surface area contributed by atoms with E-state index >= 15 is 0 Å². The van der Waals surface area contributed by atoms with Crippen molar-refractivity contribution in [2.45, 2.75) is 26.8 Å². The van der Waals surface area contributed by atoms with E-state index in [1.165, 1.54) is 23.2 Å². The Bertz CT molecular complexity index is 389. The second-order valence-electron chi connectivity index (χ2n) is 4.13. The van der Waals surface area contributed by atoms with Gasteiger partial charge in [0.05, 0.1) is 0 Å². The van der Waals surface area contributed by atoms with Crippen LogP contribution in [0.5, 0.6) is 0 Å². The maximum Gasteiger partial charge on any atom is 0.251 e. The van der Waals surface area contributed by atoms with Crippen molar-refractivity contribution in [3.8, 4) is 0 Å². The molecule has 0 fully saturated rings. The highest BCUT2D eigenvalue weighted by Gasteiger charge is 2.27. The number of carbonyl (C=O) groups excluding carboxylic acids is 2. The average molecular weight is 255 g/mol. The number of carbonyl (C=O) groups is 2. The van der Waals surface area contributed by atoms with Gasteiger partial charge in [-0.2, -0.15) is 0 Å². The van der Waals surface area contributed by atoms with Gasteiger partial charge < -0.3 is 5.32 Å². The zero-order valence-electron chi connectivity index (χ0n) is 10.4. The molecule has 1 rings (SSSR count). The van der Waals surface area contributed by atoms with Gasteiger partial charge in [-0.3, -0.25) is 14.5 Å². The van der Waals surface area contributed by atoms with Crippen molar-refractivity contribution >= 4 is 28.3 Å². The van der Waals surface area contributed by atoms with Crippen molar-refractivity contribution in [2.75, 3.05) is 11.9 Å². The maximum absolute atomic E-state index is 12.2. The Labute approximate surface area is 105 Å². The minimum absolute atomic E-state index is 0.0359. The van der Waals surface area contributed by atoms with Crippen LogP contribution in [0, 0.1) is 5.92 Å². The fourth-order valence-electron chi connectivity index (χ4n) is 1.42. The van der Waals surface area contributed by atoms with Gasteiger partial charge in [-0.15, -0.1) is 11.3 Å². The van der Waals surface area contributed by atoms with Crippen molar-refractivity contribution in [3.05, 3.63) is 11.6 Å². The topological polar surface area (TPSA) is 62.3 Å². The molecule has 6 heteroatoms. The summed E-state index contributed by atoms with van der Waals surface area (Å²) < 4.78 is 0.